The summed E-state index contributed by atoms with van der Waals surface area (Å²) in [5.41, 5.74) is -2.44. The van der Waals surface area contributed by atoms with Gasteiger partial charge in [0.25, 0.3) is 5.91 Å². The number of benzene rings is 1. The van der Waals surface area contributed by atoms with Gasteiger partial charge in [0.2, 0.25) is 10.0 Å². The Balaban J connectivity index is 2.15. The van der Waals surface area contributed by atoms with Gasteiger partial charge in [-0.15, -0.1) is 5.10 Å². The van der Waals surface area contributed by atoms with Gasteiger partial charge in [-0.25, -0.2) is 21.8 Å². The van der Waals surface area contributed by atoms with Crippen LogP contribution in [0.25, 0.3) is 5.69 Å². The standard InChI is InChI=1S/C16H19F4N5O3S/c1-3-24(29(2,27)28)10-4-9-21-15(26)13-14(16(18,19)20)25(23-22-13)12-7-5-11(17)6-8-12/h5-8H,3-4,9-10H2,1-2H3,(H,21,26). The first-order valence-electron chi connectivity index (χ1n) is 8.47. The zero-order valence-corrected chi connectivity index (χ0v) is 16.4. The second-order valence-electron chi connectivity index (χ2n) is 6.04. The van der Waals surface area contributed by atoms with E-state index in [1.165, 1.54) is 4.31 Å². The summed E-state index contributed by atoms with van der Waals surface area (Å²) in [4.78, 5) is 12.2. The van der Waals surface area contributed by atoms with E-state index >= 15 is 0 Å². The summed E-state index contributed by atoms with van der Waals surface area (Å²) >= 11 is 0. The average molecular weight is 437 g/mol. The quantitative estimate of drug-likeness (QED) is 0.502. The summed E-state index contributed by atoms with van der Waals surface area (Å²) in [7, 11) is -3.40. The van der Waals surface area contributed by atoms with Gasteiger partial charge in [-0.3, -0.25) is 4.79 Å². The Morgan fingerprint density at radius 1 is 1.24 bits per heavy atom. The lowest BCUT2D eigenvalue weighted by atomic mass is 10.2. The predicted molar refractivity (Wildman–Crippen MR) is 95.4 cm³/mol. The number of amides is 1. The van der Waals surface area contributed by atoms with Gasteiger partial charge in [0, 0.05) is 19.6 Å². The second kappa shape index (κ2) is 8.86. The van der Waals surface area contributed by atoms with Crippen LogP contribution in [0.4, 0.5) is 17.6 Å². The van der Waals surface area contributed by atoms with Gasteiger partial charge in [-0.2, -0.15) is 13.2 Å². The molecular formula is C16H19F4N5O3S. The van der Waals surface area contributed by atoms with Crippen LogP contribution in [-0.4, -0.2) is 59.5 Å². The van der Waals surface area contributed by atoms with Crippen molar-refractivity contribution < 1.29 is 30.8 Å². The summed E-state index contributed by atoms with van der Waals surface area (Å²) < 4.78 is 78.1. The molecule has 0 unspecified atom stereocenters. The molecule has 1 heterocycles. The Morgan fingerprint density at radius 2 is 1.86 bits per heavy atom. The molecule has 29 heavy (non-hydrogen) atoms. The van der Waals surface area contributed by atoms with Crippen molar-refractivity contribution >= 4 is 15.9 Å². The lowest BCUT2D eigenvalue weighted by molar-refractivity contribution is -0.143. The maximum Gasteiger partial charge on any atom is 0.435 e. The van der Waals surface area contributed by atoms with Crippen LogP contribution in [0.3, 0.4) is 0 Å². The highest BCUT2D eigenvalue weighted by atomic mass is 32.2. The monoisotopic (exact) mass is 437 g/mol. The van der Waals surface area contributed by atoms with Crippen LogP contribution in [0, 0.1) is 5.82 Å². The van der Waals surface area contributed by atoms with Crippen LogP contribution in [0.2, 0.25) is 0 Å². The van der Waals surface area contributed by atoms with E-state index in [-0.39, 0.29) is 31.7 Å². The fraction of sp³-hybridized carbons (Fsp3) is 0.438. The lowest BCUT2D eigenvalue weighted by Gasteiger charge is -2.17. The van der Waals surface area contributed by atoms with E-state index in [2.05, 4.69) is 15.6 Å². The van der Waals surface area contributed by atoms with E-state index < -0.39 is 39.3 Å². The molecule has 8 nitrogen and oxygen atoms in total. The second-order valence-corrected chi connectivity index (χ2v) is 8.02. The van der Waals surface area contributed by atoms with Crippen molar-refractivity contribution in [2.45, 2.75) is 19.5 Å². The molecule has 0 aliphatic rings. The Labute approximate surface area is 164 Å². The molecule has 0 radical (unpaired) electrons. The number of hydrogen-bond acceptors (Lipinski definition) is 5. The average Bonchev–Trinajstić information content (AvgIpc) is 3.06. The first-order valence-corrected chi connectivity index (χ1v) is 10.3. The zero-order valence-electron chi connectivity index (χ0n) is 15.6. The summed E-state index contributed by atoms with van der Waals surface area (Å²) in [5.74, 6) is -1.75. The molecule has 0 fully saturated rings. The molecule has 1 N–H and O–H groups in total. The topological polar surface area (TPSA) is 97.2 Å². The number of carbonyl (C=O) groups excluding carboxylic acids is 1. The van der Waals surface area contributed by atoms with E-state index in [0.29, 0.717) is 4.68 Å². The fourth-order valence-electron chi connectivity index (χ4n) is 2.55. The largest absolute Gasteiger partial charge is 0.435 e. The van der Waals surface area contributed by atoms with Crippen molar-refractivity contribution in [3.63, 3.8) is 0 Å². The summed E-state index contributed by atoms with van der Waals surface area (Å²) in [6.07, 6.45) is -3.71. The molecule has 0 saturated heterocycles. The Hall–Kier alpha value is -2.54. The summed E-state index contributed by atoms with van der Waals surface area (Å²) in [6, 6.07) is 4.06. The van der Waals surface area contributed by atoms with Crippen LogP contribution >= 0.6 is 0 Å². The number of alkyl halides is 3. The number of nitrogens with zero attached hydrogens (tertiary/aromatic N) is 4. The number of halogens is 4. The van der Waals surface area contributed by atoms with Crippen LogP contribution in [0.1, 0.15) is 29.5 Å². The van der Waals surface area contributed by atoms with Crippen molar-refractivity contribution in [1.82, 2.24) is 24.6 Å². The van der Waals surface area contributed by atoms with Gasteiger partial charge in [0.05, 0.1) is 11.9 Å². The highest BCUT2D eigenvalue weighted by Gasteiger charge is 2.42. The first-order chi connectivity index (χ1) is 13.4. The number of sulfonamides is 1. The van der Waals surface area contributed by atoms with E-state index in [0.717, 1.165) is 30.5 Å². The van der Waals surface area contributed by atoms with Crippen LogP contribution in [0.5, 0.6) is 0 Å². The number of aromatic nitrogens is 3. The molecule has 2 rings (SSSR count). The van der Waals surface area contributed by atoms with E-state index in [9.17, 15) is 30.8 Å². The van der Waals surface area contributed by atoms with Gasteiger partial charge < -0.3 is 5.32 Å². The Bertz CT molecular complexity index is 958. The maximum atomic E-state index is 13.5. The molecule has 0 bridgehead atoms. The number of nitrogens with one attached hydrogen (secondary N) is 1. The maximum absolute atomic E-state index is 13.5. The lowest BCUT2D eigenvalue weighted by Crippen LogP contribution is -2.34. The normalized spacial score (nSPS) is 12.4. The minimum atomic E-state index is -4.94. The Morgan fingerprint density at radius 3 is 2.38 bits per heavy atom. The molecule has 0 atom stereocenters. The van der Waals surface area contributed by atoms with E-state index in [4.69, 9.17) is 0 Å². The molecule has 0 spiro atoms. The SMILES string of the molecule is CCN(CCCNC(=O)c1nnn(-c2ccc(F)cc2)c1C(F)(F)F)S(C)(=O)=O. The minimum Gasteiger partial charge on any atom is -0.351 e. The summed E-state index contributed by atoms with van der Waals surface area (Å²) in [6.45, 7) is 1.91. The molecule has 0 saturated carbocycles. The van der Waals surface area contributed by atoms with E-state index in [1.807, 2.05) is 0 Å². The smallest absolute Gasteiger partial charge is 0.351 e. The summed E-state index contributed by atoms with van der Waals surface area (Å²) in [5, 5.41) is 8.99. The number of hydrogen-bond donors (Lipinski definition) is 1. The zero-order chi connectivity index (χ0) is 21.8. The molecule has 1 aromatic carbocycles. The minimum absolute atomic E-state index is 0.0639. The highest BCUT2D eigenvalue weighted by molar-refractivity contribution is 7.88. The van der Waals surface area contributed by atoms with E-state index in [1.54, 1.807) is 6.92 Å². The number of carbonyl (C=O) groups is 1. The predicted octanol–water partition coefficient (Wildman–Crippen LogP) is 1.83. The Kier molecular flexibility index (Phi) is 6.95. The molecule has 1 aromatic heterocycles. The fourth-order valence-corrected chi connectivity index (χ4v) is 3.48. The molecule has 2 aromatic rings. The van der Waals surface area contributed by atoms with Gasteiger partial charge in [0.15, 0.2) is 11.4 Å². The molecule has 160 valence electrons. The third kappa shape index (κ3) is 5.73. The van der Waals surface area contributed by atoms with Crippen molar-refractivity contribution in [2.24, 2.45) is 0 Å². The van der Waals surface area contributed by atoms with Gasteiger partial charge in [-0.05, 0) is 30.7 Å². The van der Waals surface area contributed by atoms with Crippen molar-refractivity contribution in [3.05, 3.63) is 41.5 Å². The van der Waals surface area contributed by atoms with Gasteiger partial charge >= 0.3 is 6.18 Å². The van der Waals surface area contributed by atoms with Crippen molar-refractivity contribution in [3.8, 4) is 5.69 Å². The molecule has 0 aliphatic carbocycles. The molecule has 0 aliphatic heterocycles. The van der Waals surface area contributed by atoms with Crippen LogP contribution < -0.4 is 5.32 Å². The van der Waals surface area contributed by atoms with Gasteiger partial charge in [0.1, 0.15) is 5.82 Å². The third-order valence-corrected chi connectivity index (χ3v) is 5.30. The van der Waals surface area contributed by atoms with Crippen LogP contribution in [-0.2, 0) is 16.2 Å². The van der Waals surface area contributed by atoms with Crippen LogP contribution in [0.15, 0.2) is 24.3 Å². The number of rotatable bonds is 8. The third-order valence-electron chi connectivity index (χ3n) is 3.92. The highest BCUT2D eigenvalue weighted by Crippen LogP contribution is 2.32. The van der Waals surface area contributed by atoms with Crippen molar-refractivity contribution in [2.75, 3.05) is 25.9 Å². The van der Waals surface area contributed by atoms with Gasteiger partial charge in [-0.1, -0.05) is 12.1 Å². The molecule has 13 heteroatoms. The molecular weight excluding hydrogens is 418 g/mol. The first kappa shape index (κ1) is 22.7. The van der Waals surface area contributed by atoms with Crippen molar-refractivity contribution in [1.29, 1.82) is 0 Å². The molecule has 1 amide bonds.